The molecule has 5 heteroatoms. The molecule has 1 aromatic rings. The van der Waals surface area contributed by atoms with Crippen LogP contribution >= 0.6 is 0 Å². The summed E-state index contributed by atoms with van der Waals surface area (Å²) < 4.78 is 0. The first kappa shape index (κ1) is 12.2. The van der Waals surface area contributed by atoms with Crippen LogP contribution in [0.5, 0.6) is 0 Å². The van der Waals surface area contributed by atoms with Crippen molar-refractivity contribution in [3.05, 3.63) is 23.0 Å². The van der Waals surface area contributed by atoms with E-state index in [2.05, 4.69) is 4.98 Å². The largest absolute Gasteiger partial charge is 0.309 e. The third-order valence-corrected chi connectivity index (χ3v) is 3.11. The molecule has 1 amide bonds. The number of nitriles is 1. The molecule has 0 atom stereocenters. The van der Waals surface area contributed by atoms with Crippen LogP contribution in [0.1, 0.15) is 42.5 Å². The number of aldehydes is 1. The van der Waals surface area contributed by atoms with E-state index < -0.39 is 0 Å². The summed E-state index contributed by atoms with van der Waals surface area (Å²) in [6.45, 7) is 5.81. The lowest BCUT2D eigenvalue weighted by atomic mass is 9.90. The highest BCUT2D eigenvalue weighted by Gasteiger charge is 2.40. The Morgan fingerprint density at radius 3 is 2.78 bits per heavy atom. The van der Waals surface area contributed by atoms with E-state index in [1.54, 1.807) is 4.90 Å². The van der Waals surface area contributed by atoms with Gasteiger partial charge in [-0.15, -0.1) is 0 Å². The maximum absolute atomic E-state index is 11.6. The summed E-state index contributed by atoms with van der Waals surface area (Å²) in [5.41, 5.74) is 1.37. The summed E-state index contributed by atoms with van der Waals surface area (Å²) in [4.78, 5) is 28.6. The highest BCUT2D eigenvalue weighted by Crippen LogP contribution is 2.41. The number of aromatic nitrogens is 1. The number of nitrogens with zero attached hydrogens (tertiary/aromatic N) is 3. The van der Waals surface area contributed by atoms with Crippen molar-refractivity contribution in [3.63, 3.8) is 0 Å². The lowest BCUT2D eigenvalue weighted by Crippen LogP contribution is -2.32. The molecule has 0 saturated carbocycles. The van der Waals surface area contributed by atoms with Gasteiger partial charge in [-0.25, -0.2) is 4.98 Å². The fraction of sp³-hybridized carbons (Fsp3) is 0.385. The van der Waals surface area contributed by atoms with Crippen LogP contribution in [0.15, 0.2) is 6.07 Å². The molecule has 5 nitrogen and oxygen atoms in total. The van der Waals surface area contributed by atoms with Crippen LogP contribution in [0.4, 0.5) is 5.69 Å². The minimum Gasteiger partial charge on any atom is -0.309 e. The van der Waals surface area contributed by atoms with Gasteiger partial charge in [0.2, 0.25) is 5.91 Å². The second-order valence-electron chi connectivity index (χ2n) is 5.01. The van der Waals surface area contributed by atoms with E-state index in [1.165, 1.54) is 13.0 Å². The predicted octanol–water partition coefficient (Wildman–Crippen LogP) is 1.41. The Kier molecular flexibility index (Phi) is 2.66. The summed E-state index contributed by atoms with van der Waals surface area (Å²) in [6, 6.07) is 3.36. The molecule has 0 saturated heterocycles. The van der Waals surface area contributed by atoms with E-state index in [9.17, 15) is 9.59 Å². The standard InChI is InChI=1S/C13H13N3O2/c1-8(18)16-7-13(2,3)12-11(16)9(6-17)4-10(5-14)15-12/h4,6H,7H2,1-3H3. The lowest BCUT2D eigenvalue weighted by Gasteiger charge is -2.18. The van der Waals surface area contributed by atoms with E-state index in [4.69, 9.17) is 5.26 Å². The van der Waals surface area contributed by atoms with Crippen molar-refractivity contribution in [3.8, 4) is 6.07 Å². The molecule has 1 aromatic heterocycles. The number of carbonyl (C=O) groups excluding carboxylic acids is 2. The minimum absolute atomic E-state index is 0.128. The molecule has 0 unspecified atom stereocenters. The Labute approximate surface area is 105 Å². The molecule has 0 N–H and O–H groups in total. The lowest BCUT2D eigenvalue weighted by molar-refractivity contribution is -0.116. The third-order valence-electron chi connectivity index (χ3n) is 3.11. The van der Waals surface area contributed by atoms with Crippen LogP contribution in [0, 0.1) is 11.3 Å². The summed E-state index contributed by atoms with van der Waals surface area (Å²) in [7, 11) is 0. The third kappa shape index (κ3) is 1.66. The normalized spacial score (nSPS) is 16.0. The zero-order valence-corrected chi connectivity index (χ0v) is 10.5. The van der Waals surface area contributed by atoms with E-state index in [0.29, 0.717) is 29.8 Å². The Morgan fingerprint density at radius 2 is 2.28 bits per heavy atom. The molecule has 2 rings (SSSR count). The zero-order chi connectivity index (χ0) is 13.5. The van der Waals surface area contributed by atoms with Crippen molar-refractivity contribution in [1.82, 2.24) is 4.98 Å². The second-order valence-corrected chi connectivity index (χ2v) is 5.01. The number of carbonyl (C=O) groups is 2. The Hall–Kier alpha value is -2.22. The molecule has 0 aliphatic carbocycles. The van der Waals surface area contributed by atoms with Crippen molar-refractivity contribution in [2.75, 3.05) is 11.4 Å². The van der Waals surface area contributed by atoms with Gasteiger partial charge in [-0.3, -0.25) is 9.59 Å². The van der Waals surface area contributed by atoms with Crippen molar-refractivity contribution in [1.29, 1.82) is 5.26 Å². The van der Waals surface area contributed by atoms with Gasteiger partial charge in [-0.05, 0) is 6.07 Å². The molecule has 0 spiro atoms. The number of anilines is 1. The van der Waals surface area contributed by atoms with Gasteiger partial charge in [0.05, 0.1) is 11.4 Å². The maximum Gasteiger partial charge on any atom is 0.223 e. The number of hydrogen-bond donors (Lipinski definition) is 0. The average Bonchev–Trinajstić information content (AvgIpc) is 2.61. The topological polar surface area (TPSA) is 74.1 Å². The van der Waals surface area contributed by atoms with Crippen molar-refractivity contribution >= 4 is 17.9 Å². The van der Waals surface area contributed by atoms with Crippen LogP contribution in [-0.2, 0) is 10.2 Å². The van der Waals surface area contributed by atoms with Gasteiger partial charge in [0.1, 0.15) is 11.8 Å². The monoisotopic (exact) mass is 243 g/mol. The van der Waals surface area contributed by atoms with E-state index >= 15 is 0 Å². The molecular weight excluding hydrogens is 230 g/mol. The predicted molar refractivity (Wildman–Crippen MR) is 65.4 cm³/mol. The quantitative estimate of drug-likeness (QED) is 0.699. The second kappa shape index (κ2) is 3.91. The van der Waals surface area contributed by atoms with Gasteiger partial charge in [-0.2, -0.15) is 5.26 Å². The summed E-state index contributed by atoms with van der Waals surface area (Å²) in [5.74, 6) is -0.128. The van der Waals surface area contributed by atoms with Gasteiger partial charge in [0, 0.05) is 24.4 Å². The van der Waals surface area contributed by atoms with E-state index in [-0.39, 0.29) is 17.0 Å². The van der Waals surface area contributed by atoms with Crippen molar-refractivity contribution in [2.24, 2.45) is 0 Å². The van der Waals surface area contributed by atoms with Gasteiger partial charge >= 0.3 is 0 Å². The van der Waals surface area contributed by atoms with E-state index in [1.807, 2.05) is 19.9 Å². The molecule has 1 aliphatic rings. The van der Waals surface area contributed by atoms with E-state index in [0.717, 1.165) is 0 Å². The molecule has 92 valence electrons. The Balaban J connectivity index is 2.76. The molecule has 2 heterocycles. The number of pyridine rings is 1. The molecule has 1 aliphatic heterocycles. The van der Waals surface area contributed by atoms with Crippen molar-refractivity contribution < 1.29 is 9.59 Å². The Bertz CT molecular complexity index is 585. The summed E-state index contributed by atoms with van der Waals surface area (Å²) >= 11 is 0. The van der Waals surface area contributed by atoms with Gasteiger partial charge in [0.15, 0.2) is 6.29 Å². The molecule has 0 bridgehead atoms. The van der Waals surface area contributed by atoms with Crippen molar-refractivity contribution in [2.45, 2.75) is 26.2 Å². The smallest absolute Gasteiger partial charge is 0.223 e. The zero-order valence-electron chi connectivity index (χ0n) is 10.5. The van der Waals surface area contributed by atoms with Crippen LogP contribution in [0.3, 0.4) is 0 Å². The van der Waals surface area contributed by atoms with Gasteiger partial charge < -0.3 is 4.90 Å². The molecule has 0 aromatic carbocycles. The number of hydrogen-bond acceptors (Lipinski definition) is 4. The first-order valence-electron chi connectivity index (χ1n) is 5.59. The SMILES string of the molecule is CC(=O)N1CC(C)(C)c2nc(C#N)cc(C=O)c21. The number of fused-ring (bicyclic) bond motifs is 1. The highest BCUT2D eigenvalue weighted by atomic mass is 16.2. The highest BCUT2D eigenvalue weighted by molar-refractivity contribution is 6.00. The number of rotatable bonds is 1. The fourth-order valence-corrected chi connectivity index (χ4v) is 2.28. The van der Waals surface area contributed by atoms with Crippen LogP contribution in [0.25, 0.3) is 0 Å². The summed E-state index contributed by atoms with van der Waals surface area (Å²) in [5, 5.41) is 8.93. The van der Waals surface area contributed by atoms with Gasteiger partial charge in [0.25, 0.3) is 0 Å². The first-order valence-corrected chi connectivity index (χ1v) is 5.59. The fourth-order valence-electron chi connectivity index (χ4n) is 2.28. The molecule has 0 fully saturated rings. The van der Waals surface area contributed by atoms with Crippen LogP contribution in [0.2, 0.25) is 0 Å². The minimum atomic E-state index is -0.356. The van der Waals surface area contributed by atoms with Crippen LogP contribution < -0.4 is 4.90 Å². The number of amides is 1. The Morgan fingerprint density at radius 1 is 1.61 bits per heavy atom. The maximum atomic E-state index is 11.6. The van der Waals surface area contributed by atoms with Gasteiger partial charge in [-0.1, -0.05) is 13.8 Å². The molecular formula is C13H13N3O2. The summed E-state index contributed by atoms with van der Waals surface area (Å²) in [6.07, 6.45) is 0.665. The van der Waals surface area contributed by atoms with Crippen LogP contribution in [-0.4, -0.2) is 23.7 Å². The average molecular weight is 243 g/mol. The molecule has 0 radical (unpaired) electrons. The first-order chi connectivity index (χ1) is 8.40. The molecule has 18 heavy (non-hydrogen) atoms.